The molecule has 2 N–H and O–H groups in total. The predicted molar refractivity (Wildman–Crippen MR) is 81.6 cm³/mol. The number of amides is 2. The quantitative estimate of drug-likeness (QED) is 0.858. The second-order valence-electron chi connectivity index (χ2n) is 5.93. The number of fused-ring (bicyclic) bond motifs is 1. The fourth-order valence-electron chi connectivity index (χ4n) is 2.85. The molecule has 0 saturated carbocycles. The van der Waals surface area contributed by atoms with Crippen LogP contribution in [0, 0.1) is 5.92 Å². The lowest BCUT2D eigenvalue weighted by Gasteiger charge is -2.37. The molecule has 5 heteroatoms. The average Bonchev–Trinajstić information content (AvgIpc) is 2.61. The Kier molecular flexibility index (Phi) is 4.02. The summed E-state index contributed by atoms with van der Waals surface area (Å²) in [7, 11) is 0. The molecule has 0 saturated heterocycles. The predicted octanol–water partition coefficient (Wildman–Crippen LogP) is 2.81. The van der Waals surface area contributed by atoms with Gasteiger partial charge in [-0.05, 0) is 37.5 Å². The van der Waals surface area contributed by atoms with Gasteiger partial charge in [0.25, 0.3) is 11.8 Å². The van der Waals surface area contributed by atoms with Gasteiger partial charge in [0.1, 0.15) is 0 Å². The number of hydrogen-bond donors (Lipinski definition) is 1. The van der Waals surface area contributed by atoms with Gasteiger partial charge in [0.05, 0.1) is 16.7 Å². The van der Waals surface area contributed by atoms with Crippen LogP contribution in [0.4, 0.5) is 0 Å². The van der Waals surface area contributed by atoms with Crippen molar-refractivity contribution in [2.24, 2.45) is 11.7 Å². The molecule has 2 rings (SSSR count). The fraction of sp³-hybridized carbons (Fsp3) is 0.467. The van der Waals surface area contributed by atoms with Crippen molar-refractivity contribution < 1.29 is 9.59 Å². The standard InChI is InChI=1S/C15H19BrN2O2/c1-9(2)7-15(3,8-17)18-13(19)11-5-4-10(16)6-12(11)14(18)20/h4-6,9H,7-8,17H2,1-3H3. The number of benzene rings is 1. The van der Waals surface area contributed by atoms with Crippen LogP contribution in [0.5, 0.6) is 0 Å². The summed E-state index contributed by atoms with van der Waals surface area (Å²) in [5.74, 6) is -0.148. The summed E-state index contributed by atoms with van der Waals surface area (Å²) < 4.78 is 0.789. The first-order valence-corrected chi connectivity index (χ1v) is 7.48. The van der Waals surface area contributed by atoms with E-state index in [9.17, 15) is 9.59 Å². The lowest BCUT2D eigenvalue weighted by atomic mass is 9.89. The van der Waals surface area contributed by atoms with E-state index in [2.05, 4.69) is 29.8 Å². The van der Waals surface area contributed by atoms with Crippen LogP contribution < -0.4 is 5.73 Å². The Hall–Kier alpha value is -1.20. The summed E-state index contributed by atoms with van der Waals surface area (Å²) in [6.45, 7) is 6.26. The van der Waals surface area contributed by atoms with Gasteiger partial charge >= 0.3 is 0 Å². The van der Waals surface area contributed by atoms with Crippen LogP contribution in [0.2, 0.25) is 0 Å². The minimum Gasteiger partial charge on any atom is -0.328 e. The van der Waals surface area contributed by atoms with Crippen LogP contribution in [0.3, 0.4) is 0 Å². The first kappa shape index (κ1) is 15.2. The van der Waals surface area contributed by atoms with E-state index in [1.807, 2.05) is 6.92 Å². The summed E-state index contributed by atoms with van der Waals surface area (Å²) in [4.78, 5) is 26.5. The maximum absolute atomic E-state index is 12.6. The zero-order chi connectivity index (χ0) is 15.1. The van der Waals surface area contributed by atoms with Crippen LogP contribution in [0.15, 0.2) is 22.7 Å². The molecular formula is C15H19BrN2O2. The maximum atomic E-state index is 12.6. The van der Waals surface area contributed by atoms with Gasteiger partial charge < -0.3 is 5.73 Å². The van der Waals surface area contributed by atoms with E-state index < -0.39 is 5.54 Å². The molecule has 1 aromatic rings. The molecule has 0 aliphatic carbocycles. The highest BCUT2D eigenvalue weighted by Gasteiger charge is 2.45. The molecule has 1 aliphatic rings. The number of nitrogens with zero attached hydrogens (tertiary/aromatic N) is 1. The summed E-state index contributed by atoms with van der Waals surface area (Å²) in [5, 5.41) is 0. The lowest BCUT2D eigenvalue weighted by molar-refractivity contribution is 0.0427. The van der Waals surface area contributed by atoms with Gasteiger partial charge in [-0.3, -0.25) is 14.5 Å². The number of rotatable bonds is 4. The number of imide groups is 1. The smallest absolute Gasteiger partial charge is 0.262 e. The molecule has 0 spiro atoms. The van der Waals surface area contributed by atoms with Gasteiger partial charge in [-0.15, -0.1) is 0 Å². The molecule has 0 radical (unpaired) electrons. The fourth-order valence-corrected chi connectivity index (χ4v) is 3.21. The molecule has 1 unspecified atom stereocenters. The Bertz CT molecular complexity index is 571. The minimum atomic E-state index is -0.645. The van der Waals surface area contributed by atoms with Crippen molar-refractivity contribution in [3.8, 4) is 0 Å². The Morgan fingerprint density at radius 3 is 2.40 bits per heavy atom. The third-order valence-corrected chi connectivity index (χ3v) is 4.17. The number of carbonyl (C=O) groups is 2. The molecule has 1 aromatic carbocycles. The minimum absolute atomic E-state index is 0.244. The number of hydrogen-bond acceptors (Lipinski definition) is 3. The molecule has 0 bridgehead atoms. The first-order chi connectivity index (χ1) is 9.30. The Morgan fingerprint density at radius 1 is 1.25 bits per heavy atom. The third kappa shape index (κ3) is 2.40. The monoisotopic (exact) mass is 338 g/mol. The Labute approximate surface area is 127 Å². The summed E-state index contributed by atoms with van der Waals surface area (Å²) in [6.07, 6.45) is 0.691. The zero-order valence-electron chi connectivity index (χ0n) is 11.9. The third-order valence-electron chi connectivity index (χ3n) is 3.68. The molecule has 4 nitrogen and oxygen atoms in total. The van der Waals surface area contributed by atoms with Crippen molar-refractivity contribution in [1.82, 2.24) is 4.90 Å². The Morgan fingerprint density at radius 2 is 1.85 bits per heavy atom. The van der Waals surface area contributed by atoms with E-state index in [-0.39, 0.29) is 18.4 Å². The van der Waals surface area contributed by atoms with Crippen LogP contribution in [-0.4, -0.2) is 28.8 Å². The van der Waals surface area contributed by atoms with E-state index in [1.165, 1.54) is 4.90 Å². The highest BCUT2D eigenvalue weighted by molar-refractivity contribution is 9.10. The maximum Gasteiger partial charge on any atom is 0.262 e. The topological polar surface area (TPSA) is 63.4 Å². The van der Waals surface area contributed by atoms with Crippen molar-refractivity contribution in [1.29, 1.82) is 0 Å². The van der Waals surface area contributed by atoms with Gasteiger partial charge in [0.15, 0.2) is 0 Å². The highest BCUT2D eigenvalue weighted by Crippen LogP contribution is 2.33. The molecule has 1 atom stereocenters. The normalized spacial score (nSPS) is 17.6. The van der Waals surface area contributed by atoms with Gasteiger partial charge in [-0.25, -0.2) is 0 Å². The second kappa shape index (κ2) is 5.30. The molecule has 1 heterocycles. The molecule has 1 aliphatic heterocycles. The zero-order valence-corrected chi connectivity index (χ0v) is 13.5. The first-order valence-electron chi connectivity index (χ1n) is 6.68. The SMILES string of the molecule is CC(C)CC(C)(CN)N1C(=O)c2ccc(Br)cc2C1=O. The van der Waals surface area contributed by atoms with Crippen LogP contribution in [-0.2, 0) is 0 Å². The largest absolute Gasteiger partial charge is 0.328 e. The van der Waals surface area contributed by atoms with Crippen LogP contribution >= 0.6 is 15.9 Å². The highest BCUT2D eigenvalue weighted by atomic mass is 79.9. The summed E-state index contributed by atoms with van der Waals surface area (Å²) >= 11 is 3.33. The molecular weight excluding hydrogens is 320 g/mol. The summed E-state index contributed by atoms with van der Waals surface area (Å²) in [5.41, 5.74) is 6.14. The van der Waals surface area contributed by atoms with E-state index in [0.717, 1.165) is 4.47 Å². The van der Waals surface area contributed by atoms with Crippen molar-refractivity contribution >= 4 is 27.7 Å². The van der Waals surface area contributed by atoms with E-state index in [4.69, 9.17) is 5.73 Å². The van der Waals surface area contributed by atoms with E-state index in [1.54, 1.807) is 18.2 Å². The molecule has 20 heavy (non-hydrogen) atoms. The lowest BCUT2D eigenvalue weighted by Crippen LogP contribution is -2.55. The molecule has 108 valence electrons. The van der Waals surface area contributed by atoms with Crippen molar-refractivity contribution in [3.63, 3.8) is 0 Å². The van der Waals surface area contributed by atoms with Gasteiger partial charge in [0.2, 0.25) is 0 Å². The molecule has 0 aromatic heterocycles. The molecule has 2 amide bonds. The van der Waals surface area contributed by atoms with Gasteiger partial charge in [0, 0.05) is 11.0 Å². The van der Waals surface area contributed by atoms with Crippen LogP contribution in [0.1, 0.15) is 47.9 Å². The van der Waals surface area contributed by atoms with E-state index in [0.29, 0.717) is 23.5 Å². The second-order valence-corrected chi connectivity index (χ2v) is 6.85. The summed E-state index contributed by atoms with van der Waals surface area (Å²) in [6, 6.07) is 5.16. The van der Waals surface area contributed by atoms with Crippen LogP contribution in [0.25, 0.3) is 0 Å². The van der Waals surface area contributed by atoms with Crippen molar-refractivity contribution in [2.45, 2.75) is 32.7 Å². The number of carbonyl (C=O) groups excluding carboxylic acids is 2. The van der Waals surface area contributed by atoms with Gasteiger partial charge in [-0.2, -0.15) is 0 Å². The Balaban J connectivity index is 2.46. The van der Waals surface area contributed by atoms with E-state index >= 15 is 0 Å². The van der Waals surface area contributed by atoms with Crippen molar-refractivity contribution in [3.05, 3.63) is 33.8 Å². The van der Waals surface area contributed by atoms with Crippen molar-refractivity contribution in [2.75, 3.05) is 6.54 Å². The number of halogens is 1. The average molecular weight is 339 g/mol. The van der Waals surface area contributed by atoms with Gasteiger partial charge in [-0.1, -0.05) is 29.8 Å². The number of nitrogens with two attached hydrogens (primary N) is 1. The molecule has 0 fully saturated rings.